The molecule has 3 rings (SSSR count). The smallest absolute Gasteiger partial charge is 0.432 e. The van der Waals surface area contributed by atoms with E-state index in [9.17, 15) is 18.0 Å². The second-order valence-corrected chi connectivity index (χ2v) is 5.22. The van der Waals surface area contributed by atoms with E-state index >= 15 is 0 Å². The third-order valence-electron chi connectivity index (χ3n) is 3.43. The Labute approximate surface area is 146 Å². The van der Waals surface area contributed by atoms with E-state index in [4.69, 9.17) is 4.74 Å². The highest BCUT2D eigenvalue weighted by atomic mass is 19.4. The molecule has 0 radical (unpaired) electrons. The van der Waals surface area contributed by atoms with Crippen molar-refractivity contribution in [2.45, 2.75) is 13.1 Å². The molecule has 3 heterocycles. The molecule has 0 spiro atoms. The largest absolute Gasteiger partial charge is 0.462 e. The molecule has 26 heavy (non-hydrogen) atoms. The summed E-state index contributed by atoms with van der Waals surface area (Å²) in [4.78, 5) is 20.3. The molecule has 0 aliphatic heterocycles. The maximum Gasteiger partial charge on any atom is 0.432 e. The van der Waals surface area contributed by atoms with Crippen LogP contribution in [-0.2, 0) is 10.9 Å². The maximum absolute atomic E-state index is 12.7. The fourth-order valence-electron chi connectivity index (χ4n) is 2.23. The van der Waals surface area contributed by atoms with E-state index in [1.54, 1.807) is 19.1 Å². The number of esters is 1. The van der Waals surface area contributed by atoms with E-state index in [0.717, 1.165) is 6.07 Å². The van der Waals surface area contributed by atoms with Crippen LogP contribution in [0.5, 0.6) is 0 Å². The lowest BCUT2D eigenvalue weighted by atomic mass is 10.1. The zero-order valence-corrected chi connectivity index (χ0v) is 13.5. The van der Waals surface area contributed by atoms with Crippen molar-refractivity contribution >= 4 is 5.97 Å². The maximum atomic E-state index is 12.7. The molecule has 9 heteroatoms. The van der Waals surface area contributed by atoms with Crippen LogP contribution in [0.2, 0.25) is 0 Å². The monoisotopic (exact) mass is 362 g/mol. The SMILES string of the molecule is CCOC(=O)c1ccnc(-c2cccc(-c3cc(C(F)(F)F)[nH]n3)n2)c1. The van der Waals surface area contributed by atoms with E-state index in [1.165, 1.54) is 24.4 Å². The third kappa shape index (κ3) is 3.71. The lowest BCUT2D eigenvalue weighted by molar-refractivity contribution is -0.141. The standard InChI is InChI=1S/C17H13F3N4O2/c1-2-26-16(25)10-6-7-21-13(8-10)11-4-3-5-12(22-11)14-9-15(24-23-14)17(18,19)20/h3-9H,2H2,1H3,(H,23,24). The summed E-state index contributed by atoms with van der Waals surface area (Å²) in [6.07, 6.45) is -3.08. The fraction of sp³-hybridized carbons (Fsp3) is 0.176. The normalized spacial score (nSPS) is 11.4. The molecule has 6 nitrogen and oxygen atoms in total. The number of aromatic nitrogens is 4. The van der Waals surface area contributed by atoms with Gasteiger partial charge in [-0.2, -0.15) is 18.3 Å². The second-order valence-electron chi connectivity index (χ2n) is 5.22. The molecular weight excluding hydrogens is 349 g/mol. The van der Waals surface area contributed by atoms with Gasteiger partial charge in [0.2, 0.25) is 0 Å². The van der Waals surface area contributed by atoms with Gasteiger partial charge in [0.15, 0.2) is 0 Å². The average molecular weight is 362 g/mol. The van der Waals surface area contributed by atoms with Gasteiger partial charge in [0.1, 0.15) is 11.4 Å². The number of alkyl halides is 3. The highest BCUT2D eigenvalue weighted by Crippen LogP contribution is 2.30. The van der Waals surface area contributed by atoms with Crippen LogP contribution in [0.4, 0.5) is 13.2 Å². The number of aromatic amines is 1. The number of nitrogens with zero attached hydrogens (tertiary/aromatic N) is 3. The fourth-order valence-corrected chi connectivity index (χ4v) is 2.23. The number of rotatable bonds is 4. The van der Waals surface area contributed by atoms with Crippen LogP contribution < -0.4 is 0 Å². The molecule has 0 aromatic carbocycles. The number of ether oxygens (including phenoxy) is 1. The lowest BCUT2D eigenvalue weighted by Gasteiger charge is -2.05. The molecule has 0 saturated heterocycles. The van der Waals surface area contributed by atoms with Crippen LogP contribution in [0.15, 0.2) is 42.6 Å². The molecule has 0 fully saturated rings. The quantitative estimate of drug-likeness (QED) is 0.716. The Hall–Kier alpha value is -3.23. The molecule has 0 amide bonds. The van der Waals surface area contributed by atoms with Crippen molar-refractivity contribution in [1.82, 2.24) is 20.2 Å². The summed E-state index contributed by atoms with van der Waals surface area (Å²) in [5.74, 6) is -0.491. The molecule has 134 valence electrons. The van der Waals surface area contributed by atoms with Gasteiger partial charge in [0, 0.05) is 6.20 Å². The van der Waals surface area contributed by atoms with Gasteiger partial charge in [-0.15, -0.1) is 0 Å². The van der Waals surface area contributed by atoms with E-state index in [2.05, 4.69) is 15.1 Å². The van der Waals surface area contributed by atoms with Crippen LogP contribution in [0.1, 0.15) is 23.0 Å². The van der Waals surface area contributed by atoms with Crippen molar-refractivity contribution in [3.05, 3.63) is 53.9 Å². The Morgan fingerprint density at radius 3 is 2.50 bits per heavy atom. The molecule has 0 atom stereocenters. The zero-order valence-electron chi connectivity index (χ0n) is 13.5. The minimum absolute atomic E-state index is 0.0562. The van der Waals surface area contributed by atoms with Crippen LogP contribution >= 0.6 is 0 Å². The van der Waals surface area contributed by atoms with Crippen molar-refractivity contribution in [1.29, 1.82) is 0 Å². The highest BCUT2D eigenvalue weighted by Gasteiger charge is 2.33. The first-order valence-corrected chi connectivity index (χ1v) is 7.62. The van der Waals surface area contributed by atoms with E-state index in [-0.39, 0.29) is 18.0 Å². The molecule has 0 unspecified atom stereocenters. The van der Waals surface area contributed by atoms with Crippen LogP contribution in [0, 0.1) is 0 Å². The number of halogens is 3. The van der Waals surface area contributed by atoms with Gasteiger partial charge >= 0.3 is 12.1 Å². The Balaban J connectivity index is 1.94. The van der Waals surface area contributed by atoms with Crippen molar-refractivity contribution in [2.75, 3.05) is 6.61 Å². The van der Waals surface area contributed by atoms with E-state index < -0.39 is 17.8 Å². The molecular formula is C17H13F3N4O2. The Bertz CT molecular complexity index is 938. The second kappa shape index (κ2) is 6.95. The summed E-state index contributed by atoms with van der Waals surface area (Å²) in [5.41, 5.74) is 0.442. The molecule has 0 saturated carbocycles. The summed E-state index contributed by atoms with van der Waals surface area (Å²) in [6.45, 7) is 1.94. The minimum Gasteiger partial charge on any atom is -0.462 e. The first-order valence-electron chi connectivity index (χ1n) is 7.62. The molecule has 1 N–H and O–H groups in total. The van der Waals surface area contributed by atoms with Crippen molar-refractivity contribution in [2.24, 2.45) is 0 Å². The predicted octanol–water partition coefficient (Wildman–Crippen LogP) is 3.73. The topological polar surface area (TPSA) is 80.8 Å². The lowest BCUT2D eigenvalue weighted by Crippen LogP contribution is -2.05. The number of carbonyl (C=O) groups excluding carboxylic acids is 1. The van der Waals surface area contributed by atoms with Crippen molar-refractivity contribution in [3.8, 4) is 22.8 Å². The summed E-state index contributed by atoms with van der Waals surface area (Å²) in [6, 6.07) is 8.70. The molecule has 0 aliphatic carbocycles. The number of H-pyrrole nitrogens is 1. The number of hydrogen-bond donors (Lipinski definition) is 1. The summed E-state index contributed by atoms with van der Waals surface area (Å²) in [5, 5.41) is 5.61. The minimum atomic E-state index is -4.52. The first kappa shape index (κ1) is 17.6. The Kier molecular flexibility index (Phi) is 4.70. The van der Waals surface area contributed by atoms with Gasteiger partial charge in [-0.25, -0.2) is 9.78 Å². The van der Waals surface area contributed by atoms with E-state index in [1.807, 2.05) is 5.10 Å². The van der Waals surface area contributed by atoms with Gasteiger partial charge in [-0.1, -0.05) is 6.07 Å². The summed E-state index contributed by atoms with van der Waals surface area (Å²) >= 11 is 0. The molecule has 3 aromatic heterocycles. The number of nitrogens with one attached hydrogen (secondary N) is 1. The summed E-state index contributed by atoms with van der Waals surface area (Å²) < 4.78 is 43.0. The van der Waals surface area contributed by atoms with Gasteiger partial charge in [0.05, 0.1) is 29.3 Å². The van der Waals surface area contributed by atoms with Gasteiger partial charge in [-0.05, 0) is 37.3 Å². The zero-order chi connectivity index (χ0) is 18.7. The van der Waals surface area contributed by atoms with Gasteiger partial charge in [0.25, 0.3) is 0 Å². The van der Waals surface area contributed by atoms with Crippen LogP contribution in [0.25, 0.3) is 22.8 Å². The number of hydrogen-bond acceptors (Lipinski definition) is 5. The van der Waals surface area contributed by atoms with Gasteiger partial charge in [-0.3, -0.25) is 10.1 Å². The summed E-state index contributed by atoms with van der Waals surface area (Å²) in [7, 11) is 0. The average Bonchev–Trinajstić information content (AvgIpc) is 3.13. The van der Waals surface area contributed by atoms with Crippen LogP contribution in [-0.4, -0.2) is 32.7 Å². The number of pyridine rings is 2. The Morgan fingerprint density at radius 2 is 1.85 bits per heavy atom. The van der Waals surface area contributed by atoms with Crippen molar-refractivity contribution < 1.29 is 22.7 Å². The first-order chi connectivity index (χ1) is 12.4. The van der Waals surface area contributed by atoms with Crippen molar-refractivity contribution in [3.63, 3.8) is 0 Å². The third-order valence-corrected chi connectivity index (χ3v) is 3.43. The van der Waals surface area contributed by atoms with Gasteiger partial charge < -0.3 is 4.74 Å². The molecule has 0 aliphatic rings. The molecule has 0 bridgehead atoms. The predicted molar refractivity (Wildman–Crippen MR) is 86.0 cm³/mol. The molecule has 3 aromatic rings. The highest BCUT2D eigenvalue weighted by molar-refractivity contribution is 5.90. The van der Waals surface area contributed by atoms with E-state index in [0.29, 0.717) is 17.0 Å². The number of carbonyl (C=O) groups is 1. The van der Waals surface area contributed by atoms with Crippen LogP contribution in [0.3, 0.4) is 0 Å². The Morgan fingerprint density at radius 1 is 1.12 bits per heavy atom.